The molecule has 4 aliphatic heterocycles. The molecular formula is C50H56N8O8. The van der Waals surface area contributed by atoms with Crippen molar-refractivity contribution in [1.29, 1.82) is 5.26 Å². The fourth-order valence-electron chi connectivity index (χ4n) is 10.5. The highest BCUT2D eigenvalue weighted by Gasteiger charge is 2.46. The topological polar surface area (TPSA) is 197 Å². The second kappa shape index (κ2) is 18.5. The Labute approximate surface area is 383 Å². The number of carbonyl (C=O) groups is 6. The van der Waals surface area contributed by atoms with Crippen LogP contribution in [0.2, 0.25) is 0 Å². The molecule has 3 fully saturated rings. The number of ketones is 1. The van der Waals surface area contributed by atoms with Gasteiger partial charge in [-0.05, 0) is 73.2 Å². The summed E-state index contributed by atoms with van der Waals surface area (Å²) in [4.78, 5) is 89.0. The summed E-state index contributed by atoms with van der Waals surface area (Å²) in [7, 11) is 0. The summed E-state index contributed by atoms with van der Waals surface area (Å²) in [5, 5.41) is 15.7. The number of amides is 5. The Morgan fingerprint density at radius 2 is 1.62 bits per heavy atom. The number of aromatic nitrogens is 1. The summed E-state index contributed by atoms with van der Waals surface area (Å²) in [6.45, 7) is 13.0. The number of benzene rings is 3. The Morgan fingerprint density at radius 3 is 2.35 bits per heavy atom. The standard InChI is InChI=1S/C50H56N8O8/c1-4-31-27-35-36(50(2,3)46-44(45(35)61)33-9-8-30(29-51)26-38(33)53-46)28-40(31)56-16-12-32(13-17-56)55-18-20-57(21-19-55)42(60)14-22-65-24-25-66-23-15-52-37-7-5-6-34-43(37)49(64)58(48(34)63)39-10-11-41(59)54-47(39)62/h5-9,26-28,32,39,52-53H,4,10-25H2,1-3H3,(H,54,59,62). The molecule has 4 aromatic rings. The lowest BCUT2D eigenvalue weighted by molar-refractivity contribution is -0.136. The second-order valence-corrected chi connectivity index (χ2v) is 18.3. The summed E-state index contributed by atoms with van der Waals surface area (Å²) in [6.07, 6.45) is 3.32. The SMILES string of the molecule is CCc1cc2c(cc1N1CCC(N3CCN(C(=O)CCOCCOCCNc4cccc5c4C(=O)N(C4CCC(=O)NC4=O)C5=O)CC3)CC1)C(C)(C)c1[nH]c3cc(C#N)ccc3c1C2=O. The van der Waals surface area contributed by atoms with E-state index in [1.54, 1.807) is 24.3 Å². The van der Waals surface area contributed by atoms with E-state index in [0.29, 0.717) is 75.3 Å². The minimum atomic E-state index is -1.03. The molecule has 0 saturated carbocycles. The van der Waals surface area contributed by atoms with E-state index in [2.05, 4.69) is 64.4 Å². The van der Waals surface area contributed by atoms with E-state index in [1.807, 2.05) is 17.0 Å². The largest absolute Gasteiger partial charge is 0.382 e. The lowest BCUT2D eigenvalue weighted by Gasteiger charge is -2.44. The monoisotopic (exact) mass is 896 g/mol. The van der Waals surface area contributed by atoms with Gasteiger partial charge >= 0.3 is 0 Å². The zero-order chi connectivity index (χ0) is 46.3. The van der Waals surface area contributed by atoms with Gasteiger partial charge in [-0.3, -0.25) is 43.9 Å². The van der Waals surface area contributed by atoms with Gasteiger partial charge in [0.1, 0.15) is 6.04 Å². The number of aryl methyl sites for hydroxylation is 1. The molecule has 3 N–H and O–H groups in total. The molecule has 0 radical (unpaired) electrons. The van der Waals surface area contributed by atoms with Crippen molar-refractivity contribution in [1.82, 2.24) is 25.0 Å². The van der Waals surface area contributed by atoms with E-state index in [4.69, 9.17) is 9.47 Å². The number of anilines is 2. The molecule has 1 atom stereocenters. The quantitative estimate of drug-likeness (QED) is 0.118. The van der Waals surface area contributed by atoms with Crippen LogP contribution in [0.4, 0.5) is 11.4 Å². The Balaban J connectivity index is 0.684. The van der Waals surface area contributed by atoms with Crippen LogP contribution in [0, 0.1) is 11.3 Å². The average Bonchev–Trinajstić information content (AvgIpc) is 3.84. The van der Waals surface area contributed by atoms with E-state index >= 15 is 0 Å². The zero-order valence-electron chi connectivity index (χ0n) is 37.8. The number of fused-ring (bicyclic) bond motifs is 5. The molecule has 1 aliphatic carbocycles. The highest BCUT2D eigenvalue weighted by molar-refractivity contribution is 6.25. The predicted octanol–water partition coefficient (Wildman–Crippen LogP) is 4.52. The summed E-state index contributed by atoms with van der Waals surface area (Å²) in [5.41, 5.74) is 7.60. The molecular weight excluding hydrogens is 841 g/mol. The number of nitrogens with zero attached hydrogens (tertiary/aromatic N) is 5. The number of hydrogen-bond acceptors (Lipinski definition) is 12. The van der Waals surface area contributed by atoms with Crippen LogP contribution in [0.5, 0.6) is 0 Å². The molecule has 5 heterocycles. The second-order valence-electron chi connectivity index (χ2n) is 18.3. The van der Waals surface area contributed by atoms with Gasteiger partial charge < -0.3 is 29.6 Å². The number of hydrogen-bond donors (Lipinski definition) is 3. The highest BCUT2D eigenvalue weighted by atomic mass is 16.5. The fraction of sp³-hybridized carbons (Fsp3) is 0.460. The van der Waals surface area contributed by atoms with E-state index in [0.717, 1.165) is 78.1 Å². The third-order valence-electron chi connectivity index (χ3n) is 14.1. The van der Waals surface area contributed by atoms with Crippen LogP contribution >= 0.6 is 0 Å². The number of aromatic amines is 1. The number of H-pyrrole nitrogens is 1. The molecule has 9 rings (SSSR count). The number of rotatable bonds is 14. The first kappa shape index (κ1) is 44.8. The van der Waals surface area contributed by atoms with E-state index in [1.165, 1.54) is 11.3 Å². The molecule has 16 heteroatoms. The Hall–Kier alpha value is -6.41. The minimum absolute atomic E-state index is 0.0342. The summed E-state index contributed by atoms with van der Waals surface area (Å²) in [5.74, 6) is -2.08. The number of nitriles is 1. The molecule has 3 aromatic carbocycles. The first-order valence-corrected chi connectivity index (χ1v) is 23.2. The molecule has 3 saturated heterocycles. The lowest BCUT2D eigenvalue weighted by atomic mass is 9.70. The van der Waals surface area contributed by atoms with Crippen molar-refractivity contribution in [2.24, 2.45) is 0 Å². The predicted molar refractivity (Wildman–Crippen MR) is 246 cm³/mol. The molecule has 344 valence electrons. The first-order valence-electron chi connectivity index (χ1n) is 23.2. The number of piperazine rings is 1. The van der Waals surface area contributed by atoms with Crippen molar-refractivity contribution in [2.45, 2.75) is 76.8 Å². The van der Waals surface area contributed by atoms with E-state index in [-0.39, 0.29) is 35.7 Å². The van der Waals surface area contributed by atoms with Crippen molar-refractivity contribution in [3.63, 3.8) is 0 Å². The summed E-state index contributed by atoms with van der Waals surface area (Å²) < 4.78 is 11.4. The van der Waals surface area contributed by atoms with Gasteiger partial charge in [-0.25, -0.2) is 0 Å². The Bertz CT molecular complexity index is 2670. The van der Waals surface area contributed by atoms with Crippen LogP contribution in [0.15, 0.2) is 48.5 Å². The minimum Gasteiger partial charge on any atom is -0.382 e. The van der Waals surface area contributed by atoms with Gasteiger partial charge in [-0.15, -0.1) is 0 Å². The molecule has 0 spiro atoms. The van der Waals surface area contributed by atoms with Gasteiger partial charge in [-0.1, -0.05) is 32.9 Å². The van der Waals surface area contributed by atoms with Crippen molar-refractivity contribution >= 4 is 57.6 Å². The molecule has 0 bridgehead atoms. The van der Waals surface area contributed by atoms with Crippen molar-refractivity contribution in [3.8, 4) is 6.07 Å². The normalized spacial score (nSPS) is 19.8. The van der Waals surface area contributed by atoms with E-state index in [9.17, 15) is 34.0 Å². The van der Waals surface area contributed by atoms with E-state index < -0.39 is 35.1 Å². The molecule has 16 nitrogen and oxygen atoms in total. The third kappa shape index (κ3) is 8.24. The summed E-state index contributed by atoms with van der Waals surface area (Å²) in [6, 6.07) is 16.4. The van der Waals surface area contributed by atoms with Crippen molar-refractivity contribution in [2.75, 3.05) is 82.5 Å². The number of imide groups is 2. The maximum atomic E-state index is 14.1. The van der Waals surface area contributed by atoms with Gasteiger partial charge in [-0.2, -0.15) is 5.26 Å². The molecule has 1 unspecified atom stereocenters. The van der Waals surface area contributed by atoms with Crippen LogP contribution < -0.4 is 15.5 Å². The van der Waals surface area contributed by atoms with Crippen LogP contribution in [0.25, 0.3) is 10.9 Å². The smallest absolute Gasteiger partial charge is 0.264 e. The Kier molecular flexibility index (Phi) is 12.5. The van der Waals surface area contributed by atoms with Crippen LogP contribution in [0.1, 0.15) is 112 Å². The maximum Gasteiger partial charge on any atom is 0.264 e. The third-order valence-corrected chi connectivity index (χ3v) is 14.1. The maximum absolute atomic E-state index is 14.1. The fourth-order valence-corrected chi connectivity index (χ4v) is 10.5. The van der Waals surface area contributed by atoms with Gasteiger partial charge in [0.15, 0.2) is 5.78 Å². The lowest BCUT2D eigenvalue weighted by Crippen LogP contribution is -2.54. The first-order chi connectivity index (χ1) is 31.9. The molecule has 5 aliphatic rings. The van der Waals surface area contributed by atoms with Crippen LogP contribution in [0.3, 0.4) is 0 Å². The van der Waals surface area contributed by atoms with Gasteiger partial charge in [0.25, 0.3) is 11.8 Å². The zero-order valence-corrected chi connectivity index (χ0v) is 37.8. The van der Waals surface area contributed by atoms with Crippen LogP contribution in [-0.2, 0) is 35.7 Å². The summed E-state index contributed by atoms with van der Waals surface area (Å²) >= 11 is 0. The van der Waals surface area contributed by atoms with Crippen LogP contribution in [-0.4, -0.2) is 139 Å². The number of nitrogens with one attached hydrogen (secondary N) is 3. The highest BCUT2D eigenvalue weighted by Crippen LogP contribution is 2.46. The van der Waals surface area contributed by atoms with Gasteiger partial charge in [0, 0.05) is 97.2 Å². The van der Waals surface area contributed by atoms with Crippen molar-refractivity contribution < 1.29 is 38.2 Å². The van der Waals surface area contributed by atoms with Gasteiger partial charge in [0.2, 0.25) is 17.7 Å². The Morgan fingerprint density at radius 1 is 0.864 bits per heavy atom. The number of carbonyl (C=O) groups excluding carboxylic acids is 6. The molecule has 1 aromatic heterocycles. The van der Waals surface area contributed by atoms with Gasteiger partial charge in [0.05, 0.1) is 61.2 Å². The molecule has 5 amide bonds. The number of piperidine rings is 2. The van der Waals surface area contributed by atoms with Crippen molar-refractivity contribution in [3.05, 3.63) is 93.2 Å². The number of ether oxygens (including phenoxy) is 2. The average molecular weight is 897 g/mol. The molecule has 66 heavy (non-hydrogen) atoms.